The molecule has 0 N–H and O–H groups in total. The fraction of sp³-hybridized carbons (Fsp3) is 0.600. The second kappa shape index (κ2) is 6.21. The van der Waals surface area contributed by atoms with Gasteiger partial charge in [-0.25, -0.2) is 0 Å². The van der Waals surface area contributed by atoms with Crippen LogP contribution in [0.1, 0.15) is 6.92 Å². The number of Topliss-reactive ketones (excluding diaryl/α,β-unsaturated/α-hetero) is 1. The van der Waals surface area contributed by atoms with Gasteiger partial charge in [-0.1, -0.05) is 0 Å². The Morgan fingerprint density at radius 1 is 1.45 bits per heavy atom. The van der Waals surface area contributed by atoms with Crippen molar-refractivity contribution in [1.82, 2.24) is 0 Å². The highest BCUT2D eigenvalue weighted by Crippen LogP contribution is 2.29. The molecule has 11 heavy (non-hydrogen) atoms. The molecule has 0 aliphatic carbocycles. The smallest absolute Gasteiger partial charge is 0.307 e. The first kappa shape index (κ1) is 13.1. The molecule has 0 aliphatic heterocycles. The Morgan fingerprint density at radius 2 is 1.82 bits per heavy atom. The van der Waals surface area contributed by atoms with E-state index >= 15 is 0 Å². The molecular formula is C5H7F3O2S. The van der Waals surface area contributed by atoms with Gasteiger partial charge in [-0.3, -0.25) is 4.79 Å². The van der Waals surface area contributed by atoms with Crippen LogP contribution in [0, 0.1) is 0 Å². The van der Waals surface area contributed by atoms with Crippen molar-refractivity contribution < 1.29 is 22.8 Å². The van der Waals surface area contributed by atoms with Crippen LogP contribution in [0.2, 0.25) is 0 Å². The molecule has 0 spiro atoms. The first-order valence-corrected chi connectivity index (χ1v) is 3.39. The lowest BCUT2D eigenvalue weighted by atomic mass is 10.5. The van der Waals surface area contributed by atoms with E-state index in [1.165, 1.54) is 0 Å². The molecule has 0 aromatic heterocycles. The van der Waals surface area contributed by atoms with Gasteiger partial charge in [-0.2, -0.15) is 13.2 Å². The summed E-state index contributed by atoms with van der Waals surface area (Å²) in [6.45, 7) is 3.12. The SMILES string of the molecule is C=O.CC(=O)CSC(F)(F)F. The fourth-order valence-corrected chi connectivity index (χ4v) is 0.550. The van der Waals surface area contributed by atoms with Gasteiger partial charge >= 0.3 is 5.51 Å². The predicted octanol–water partition coefficient (Wildman–Crippen LogP) is 1.64. The van der Waals surface area contributed by atoms with Crippen LogP contribution in [0.5, 0.6) is 0 Å². The Kier molecular flexibility index (Phi) is 7.39. The Morgan fingerprint density at radius 3 is 1.91 bits per heavy atom. The van der Waals surface area contributed by atoms with Crippen molar-refractivity contribution in [2.24, 2.45) is 0 Å². The van der Waals surface area contributed by atoms with Crippen molar-refractivity contribution in [3.05, 3.63) is 0 Å². The molecule has 2 nitrogen and oxygen atoms in total. The molecule has 0 unspecified atom stereocenters. The van der Waals surface area contributed by atoms with E-state index in [0.717, 1.165) is 6.92 Å². The molecule has 0 bridgehead atoms. The average molecular weight is 188 g/mol. The van der Waals surface area contributed by atoms with Crippen LogP contribution in [-0.4, -0.2) is 23.8 Å². The minimum Gasteiger partial charge on any atom is -0.307 e. The maximum atomic E-state index is 11.2. The van der Waals surface area contributed by atoms with Gasteiger partial charge in [0, 0.05) is 0 Å². The maximum absolute atomic E-state index is 11.2. The van der Waals surface area contributed by atoms with Gasteiger partial charge in [0.05, 0.1) is 5.75 Å². The largest absolute Gasteiger partial charge is 0.442 e. The Hall–Kier alpha value is -0.520. The van der Waals surface area contributed by atoms with E-state index in [1.54, 1.807) is 0 Å². The third-order valence-corrected chi connectivity index (χ3v) is 1.32. The van der Waals surface area contributed by atoms with E-state index < -0.39 is 17.0 Å². The number of hydrogen-bond acceptors (Lipinski definition) is 3. The summed E-state index contributed by atoms with van der Waals surface area (Å²) in [5, 5.41) is 0. The van der Waals surface area contributed by atoms with E-state index in [9.17, 15) is 18.0 Å². The summed E-state index contributed by atoms with van der Waals surface area (Å²) in [7, 11) is 0. The highest BCUT2D eigenvalue weighted by molar-refractivity contribution is 8.00. The lowest BCUT2D eigenvalue weighted by Crippen LogP contribution is -2.05. The van der Waals surface area contributed by atoms with Crippen molar-refractivity contribution in [2.45, 2.75) is 12.4 Å². The topological polar surface area (TPSA) is 34.1 Å². The average Bonchev–Trinajstić information content (AvgIpc) is 1.87. The number of hydrogen-bond donors (Lipinski definition) is 0. The summed E-state index contributed by atoms with van der Waals surface area (Å²) in [4.78, 5) is 18.0. The van der Waals surface area contributed by atoms with Gasteiger partial charge < -0.3 is 4.79 Å². The number of rotatable bonds is 2. The molecule has 0 radical (unpaired) electrons. The van der Waals surface area contributed by atoms with Crippen LogP contribution in [0.3, 0.4) is 0 Å². The molecule has 0 saturated heterocycles. The van der Waals surface area contributed by atoms with E-state index in [4.69, 9.17) is 4.79 Å². The molecule has 0 atom stereocenters. The summed E-state index contributed by atoms with van der Waals surface area (Å²) in [5.41, 5.74) is -4.27. The minimum absolute atomic E-state index is 0.308. The summed E-state index contributed by atoms with van der Waals surface area (Å²) < 4.78 is 33.7. The molecule has 66 valence electrons. The van der Waals surface area contributed by atoms with Gasteiger partial charge in [-0.05, 0) is 18.7 Å². The lowest BCUT2D eigenvalue weighted by molar-refractivity contribution is -0.114. The number of halogens is 3. The van der Waals surface area contributed by atoms with Gasteiger partial charge in [-0.15, -0.1) is 0 Å². The zero-order chi connectivity index (χ0) is 9.49. The van der Waals surface area contributed by atoms with Gasteiger partial charge in [0.25, 0.3) is 0 Å². The lowest BCUT2D eigenvalue weighted by Gasteiger charge is -2.01. The molecule has 6 heteroatoms. The zero-order valence-corrected chi connectivity index (χ0v) is 6.59. The third kappa shape index (κ3) is 17.7. The molecule has 0 rings (SSSR count). The minimum atomic E-state index is -4.27. The summed E-state index contributed by atoms with van der Waals surface area (Å²) in [6, 6.07) is 0. The van der Waals surface area contributed by atoms with E-state index in [0.29, 0.717) is 0 Å². The van der Waals surface area contributed by atoms with Crippen LogP contribution in [0.25, 0.3) is 0 Å². The molecule has 0 heterocycles. The molecule has 0 aliphatic rings. The third-order valence-electron chi connectivity index (χ3n) is 0.439. The second-order valence-corrected chi connectivity index (χ2v) is 2.48. The summed E-state index contributed by atoms with van der Waals surface area (Å²) >= 11 is -0.308. The van der Waals surface area contributed by atoms with Crippen molar-refractivity contribution in [3.63, 3.8) is 0 Å². The molecule has 0 saturated carbocycles. The van der Waals surface area contributed by atoms with Crippen molar-refractivity contribution >= 4 is 24.3 Å². The Labute approximate surface area is 66.1 Å². The monoisotopic (exact) mass is 188 g/mol. The van der Waals surface area contributed by atoms with Gasteiger partial charge in [0.1, 0.15) is 12.6 Å². The van der Waals surface area contributed by atoms with E-state index in [2.05, 4.69) is 0 Å². The number of ketones is 1. The van der Waals surface area contributed by atoms with Gasteiger partial charge in [0.2, 0.25) is 0 Å². The summed E-state index contributed by atoms with van der Waals surface area (Å²) in [5.74, 6) is -0.943. The molecule has 0 aromatic carbocycles. The Balaban J connectivity index is 0. The van der Waals surface area contributed by atoms with E-state index in [1.807, 2.05) is 6.79 Å². The van der Waals surface area contributed by atoms with Crippen LogP contribution in [0.4, 0.5) is 13.2 Å². The zero-order valence-electron chi connectivity index (χ0n) is 5.77. The maximum Gasteiger partial charge on any atom is 0.442 e. The predicted molar refractivity (Wildman–Crippen MR) is 36.3 cm³/mol. The number of alkyl halides is 3. The second-order valence-electron chi connectivity index (χ2n) is 1.44. The van der Waals surface area contributed by atoms with Crippen LogP contribution in [-0.2, 0) is 9.59 Å². The molecular weight excluding hydrogens is 181 g/mol. The molecule has 0 aromatic rings. The quantitative estimate of drug-likeness (QED) is 0.660. The first-order chi connectivity index (χ1) is 4.92. The number of thioether (sulfide) groups is 1. The first-order valence-electron chi connectivity index (χ1n) is 2.41. The van der Waals surface area contributed by atoms with Crippen LogP contribution < -0.4 is 0 Å². The number of carbonyl (C=O) groups is 2. The standard InChI is InChI=1S/C4H5F3OS.CH2O/c1-3(8)2-9-4(5,6)7;1-2/h2H2,1H3;1H2. The highest BCUT2D eigenvalue weighted by Gasteiger charge is 2.28. The summed E-state index contributed by atoms with van der Waals surface area (Å²) in [6.07, 6.45) is 0. The van der Waals surface area contributed by atoms with Crippen molar-refractivity contribution in [1.29, 1.82) is 0 Å². The van der Waals surface area contributed by atoms with E-state index in [-0.39, 0.29) is 11.8 Å². The Bertz CT molecular complexity index is 123. The van der Waals surface area contributed by atoms with Crippen LogP contribution >= 0.6 is 11.8 Å². The number of carbonyl (C=O) groups excluding carboxylic acids is 2. The highest BCUT2D eigenvalue weighted by atomic mass is 32.2. The molecule has 0 amide bonds. The van der Waals surface area contributed by atoms with Crippen molar-refractivity contribution in [2.75, 3.05) is 5.75 Å². The van der Waals surface area contributed by atoms with Crippen molar-refractivity contribution in [3.8, 4) is 0 Å². The fourth-order valence-electron chi connectivity index (χ4n) is 0.183. The molecule has 0 fully saturated rings. The normalized spacial score (nSPS) is 9.82. The van der Waals surface area contributed by atoms with Crippen LogP contribution in [0.15, 0.2) is 0 Å². The van der Waals surface area contributed by atoms with Gasteiger partial charge in [0.15, 0.2) is 0 Å².